The quantitative estimate of drug-likeness (QED) is 0.688. The van der Waals surface area contributed by atoms with Crippen LogP contribution >= 0.6 is 11.8 Å². The molecule has 0 saturated carbocycles. The smallest absolute Gasteiger partial charge is 0.160 e. The lowest BCUT2D eigenvalue weighted by molar-refractivity contribution is -0.0428. The summed E-state index contributed by atoms with van der Waals surface area (Å²) in [5.41, 5.74) is 4.17. The fourth-order valence-corrected chi connectivity index (χ4v) is 3.40. The van der Waals surface area contributed by atoms with Gasteiger partial charge in [0.05, 0.1) is 24.5 Å². The maximum atomic E-state index is 9.14. The van der Waals surface area contributed by atoms with Crippen molar-refractivity contribution in [3.05, 3.63) is 41.1 Å². The first-order chi connectivity index (χ1) is 11.0. The summed E-state index contributed by atoms with van der Waals surface area (Å²) in [5, 5.41) is 10.1. The van der Waals surface area contributed by atoms with Gasteiger partial charge in [-0.15, -0.1) is 11.8 Å². The van der Waals surface area contributed by atoms with E-state index in [2.05, 4.69) is 45.0 Å². The zero-order valence-corrected chi connectivity index (χ0v) is 14.6. The van der Waals surface area contributed by atoms with Gasteiger partial charge in [-0.3, -0.25) is 0 Å². The molecule has 0 spiro atoms. The van der Waals surface area contributed by atoms with Crippen molar-refractivity contribution in [2.24, 2.45) is 0 Å². The molecule has 0 bridgehead atoms. The zero-order valence-electron chi connectivity index (χ0n) is 13.8. The summed E-state index contributed by atoms with van der Waals surface area (Å²) in [6, 6.07) is 8.27. The van der Waals surface area contributed by atoms with Gasteiger partial charge in [-0.05, 0) is 20.8 Å². The highest BCUT2D eigenvalue weighted by Gasteiger charge is 2.30. The van der Waals surface area contributed by atoms with Gasteiger partial charge in [0.2, 0.25) is 0 Å². The van der Waals surface area contributed by atoms with Crippen LogP contribution in [0.1, 0.15) is 30.7 Å². The van der Waals surface area contributed by atoms with E-state index < -0.39 is 0 Å². The molecule has 0 amide bonds. The standard InChI is InChI=1S/C18H22N2O2S/c1-12-4-6-13(7-5-12)16-19-15-10-18(2,3)22-11-14(15)17(20-16)23-9-8-21/h4-7,21H,8-11H2,1-3H3. The number of aliphatic hydroxyl groups excluding tert-OH is 1. The summed E-state index contributed by atoms with van der Waals surface area (Å²) >= 11 is 1.57. The number of nitrogens with zero attached hydrogens (tertiary/aromatic N) is 2. The van der Waals surface area contributed by atoms with Crippen molar-refractivity contribution < 1.29 is 9.84 Å². The highest BCUT2D eigenvalue weighted by molar-refractivity contribution is 7.99. The molecule has 0 aliphatic carbocycles. The predicted molar refractivity (Wildman–Crippen MR) is 92.6 cm³/mol. The number of aliphatic hydroxyl groups is 1. The number of benzene rings is 1. The van der Waals surface area contributed by atoms with Crippen molar-refractivity contribution >= 4 is 11.8 Å². The Balaban J connectivity index is 2.05. The first-order valence-electron chi connectivity index (χ1n) is 7.83. The fourth-order valence-electron chi connectivity index (χ4n) is 2.61. The van der Waals surface area contributed by atoms with Crippen LogP contribution in [0.15, 0.2) is 29.3 Å². The molecule has 5 heteroatoms. The third-order valence-electron chi connectivity index (χ3n) is 3.90. The van der Waals surface area contributed by atoms with Gasteiger partial charge in [0.25, 0.3) is 0 Å². The molecule has 1 aliphatic rings. The molecule has 3 rings (SSSR count). The van der Waals surface area contributed by atoms with Gasteiger partial charge in [-0.1, -0.05) is 29.8 Å². The van der Waals surface area contributed by atoms with Crippen molar-refractivity contribution in [3.8, 4) is 11.4 Å². The molecule has 4 nitrogen and oxygen atoms in total. The SMILES string of the molecule is Cc1ccc(-c2nc3c(c(SCCO)n2)COC(C)(C)C3)cc1. The van der Waals surface area contributed by atoms with Crippen LogP contribution in [0, 0.1) is 6.92 Å². The molecule has 1 aromatic heterocycles. The molecule has 0 unspecified atom stereocenters. The highest BCUT2D eigenvalue weighted by Crippen LogP contribution is 2.33. The van der Waals surface area contributed by atoms with Crippen molar-refractivity contribution in [3.63, 3.8) is 0 Å². The Hall–Kier alpha value is -1.43. The number of hydrogen-bond acceptors (Lipinski definition) is 5. The van der Waals surface area contributed by atoms with E-state index in [1.165, 1.54) is 5.56 Å². The maximum absolute atomic E-state index is 9.14. The molecule has 122 valence electrons. The number of ether oxygens (including phenoxy) is 1. The highest BCUT2D eigenvalue weighted by atomic mass is 32.2. The average Bonchev–Trinajstić information content (AvgIpc) is 2.51. The van der Waals surface area contributed by atoms with E-state index in [-0.39, 0.29) is 12.2 Å². The summed E-state index contributed by atoms with van der Waals surface area (Å²) in [7, 11) is 0. The monoisotopic (exact) mass is 330 g/mol. The largest absolute Gasteiger partial charge is 0.396 e. The molecule has 2 heterocycles. The molecule has 0 fully saturated rings. The molecule has 2 aromatic rings. The van der Waals surface area contributed by atoms with Gasteiger partial charge >= 0.3 is 0 Å². The Kier molecular flexibility index (Phi) is 4.71. The normalized spacial score (nSPS) is 16.2. The second-order valence-corrected chi connectivity index (χ2v) is 7.52. The van der Waals surface area contributed by atoms with Gasteiger partial charge in [0, 0.05) is 23.3 Å². The topological polar surface area (TPSA) is 55.2 Å². The average molecular weight is 330 g/mol. The second-order valence-electron chi connectivity index (χ2n) is 6.44. The third-order valence-corrected chi connectivity index (χ3v) is 4.89. The summed E-state index contributed by atoms with van der Waals surface area (Å²) in [5.74, 6) is 1.38. The van der Waals surface area contributed by atoms with Crippen LogP contribution in [-0.2, 0) is 17.8 Å². The molecule has 1 aromatic carbocycles. The second kappa shape index (κ2) is 6.59. The number of thioether (sulfide) groups is 1. The van der Waals surface area contributed by atoms with Crippen molar-refractivity contribution in [2.45, 2.75) is 44.4 Å². The lowest BCUT2D eigenvalue weighted by atomic mass is 9.96. The van der Waals surface area contributed by atoms with Crippen LogP contribution in [0.25, 0.3) is 11.4 Å². The van der Waals surface area contributed by atoms with E-state index in [1.807, 2.05) is 0 Å². The minimum Gasteiger partial charge on any atom is -0.396 e. The van der Waals surface area contributed by atoms with Gasteiger partial charge in [0.1, 0.15) is 5.03 Å². The first-order valence-corrected chi connectivity index (χ1v) is 8.81. The molecule has 0 atom stereocenters. The van der Waals surface area contributed by atoms with E-state index >= 15 is 0 Å². The van der Waals surface area contributed by atoms with E-state index in [0.717, 1.165) is 34.1 Å². The van der Waals surface area contributed by atoms with Gasteiger partial charge in [-0.25, -0.2) is 9.97 Å². The molecule has 23 heavy (non-hydrogen) atoms. The third kappa shape index (κ3) is 3.74. The molecule has 0 saturated heterocycles. The predicted octanol–water partition coefficient (Wildman–Crippen LogP) is 3.39. The Bertz CT molecular complexity index is 699. The van der Waals surface area contributed by atoms with Crippen molar-refractivity contribution in [1.29, 1.82) is 0 Å². The molecule has 0 radical (unpaired) electrons. The lowest BCUT2D eigenvalue weighted by Crippen LogP contribution is -2.33. The van der Waals surface area contributed by atoms with Crippen LogP contribution in [0.3, 0.4) is 0 Å². The maximum Gasteiger partial charge on any atom is 0.160 e. The minimum absolute atomic E-state index is 0.135. The van der Waals surface area contributed by atoms with Crippen LogP contribution < -0.4 is 0 Å². The van der Waals surface area contributed by atoms with Gasteiger partial charge in [-0.2, -0.15) is 0 Å². The first kappa shape index (κ1) is 16.4. The minimum atomic E-state index is -0.204. The summed E-state index contributed by atoms with van der Waals surface area (Å²) in [6.07, 6.45) is 0.774. The van der Waals surface area contributed by atoms with Crippen LogP contribution in [0.4, 0.5) is 0 Å². The molecular formula is C18H22N2O2S. The summed E-state index contributed by atoms with van der Waals surface area (Å²) in [4.78, 5) is 9.54. The van der Waals surface area contributed by atoms with Crippen LogP contribution in [-0.4, -0.2) is 33.0 Å². The Morgan fingerprint density at radius 1 is 1.22 bits per heavy atom. The van der Waals surface area contributed by atoms with E-state index in [4.69, 9.17) is 19.8 Å². The van der Waals surface area contributed by atoms with E-state index in [9.17, 15) is 0 Å². The number of rotatable bonds is 4. The van der Waals surface area contributed by atoms with Gasteiger partial charge in [0.15, 0.2) is 5.82 Å². The lowest BCUT2D eigenvalue weighted by Gasteiger charge is -2.32. The van der Waals surface area contributed by atoms with Crippen LogP contribution in [0.2, 0.25) is 0 Å². The Labute approximate surface area is 141 Å². The molecule has 1 N–H and O–H groups in total. The number of aryl methyl sites for hydroxylation is 1. The molecule has 1 aliphatic heterocycles. The van der Waals surface area contributed by atoms with Crippen molar-refractivity contribution in [1.82, 2.24) is 9.97 Å². The number of hydrogen-bond donors (Lipinski definition) is 1. The Morgan fingerprint density at radius 2 is 1.96 bits per heavy atom. The number of fused-ring (bicyclic) bond motifs is 1. The van der Waals surface area contributed by atoms with Gasteiger partial charge < -0.3 is 9.84 Å². The van der Waals surface area contributed by atoms with E-state index in [1.54, 1.807) is 11.8 Å². The van der Waals surface area contributed by atoms with E-state index in [0.29, 0.717) is 12.4 Å². The summed E-state index contributed by atoms with van der Waals surface area (Å²) < 4.78 is 5.92. The van der Waals surface area contributed by atoms with Crippen molar-refractivity contribution in [2.75, 3.05) is 12.4 Å². The molecular weight excluding hydrogens is 308 g/mol. The fraction of sp³-hybridized carbons (Fsp3) is 0.444. The van der Waals surface area contributed by atoms with Crippen LogP contribution in [0.5, 0.6) is 0 Å². The Morgan fingerprint density at radius 3 is 2.65 bits per heavy atom. The zero-order chi connectivity index (χ0) is 16.4. The summed E-state index contributed by atoms with van der Waals surface area (Å²) in [6.45, 7) is 6.91. The number of aromatic nitrogens is 2.